The molecule has 5 nitrogen and oxygen atoms in total. The summed E-state index contributed by atoms with van der Waals surface area (Å²) in [5, 5.41) is 1.77. The fourth-order valence-electron chi connectivity index (χ4n) is 2.83. The number of carbonyl (C=O) groups is 1. The van der Waals surface area contributed by atoms with Gasteiger partial charge in [0.05, 0.1) is 0 Å². The summed E-state index contributed by atoms with van der Waals surface area (Å²) in [4.78, 5) is 14.2. The average Bonchev–Trinajstić information content (AvgIpc) is 3.01. The van der Waals surface area contributed by atoms with Crippen LogP contribution in [0.2, 0.25) is 0 Å². The summed E-state index contributed by atoms with van der Waals surface area (Å²) in [6.45, 7) is 5.75. The molecule has 22 heavy (non-hydrogen) atoms. The summed E-state index contributed by atoms with van der Waals surface area (Å²) in [6, 6.07) is 3.38. The SMILES string of the molecule is CC(C)CN(C)C(=O)C1CCN(S(=O)(=O)c2cccs2)CC1. The third-order valence-corrected chi connectivity index (χ3v) is 7.18. The Balaban J connectivity index is 1.95. The molecule has 0 aliphatic carbocycles. The Labute approximate surface area is 137 Å². The first-order chi connectivity index (χ1) is 10.3. The lowest BCUT2D eigenvalue weighted by Crippen LogP contribution is -2.43. The van der Waals surface area contributed by atoms with Crippen molar-refractivity contribution < 1.29 is 13.2 Å². The zero-order valence-corrected chi connectivity index (χ0v) is 15.0. The lowest BCUT2D eigenvalue weighted by atomic mass is 9.96. The van der Waals surface area contributed by atoms with Gasteiger partial charge in [0.25, 0.3) is 10.0 Å². The molecule has 1 amide bonds. The molecule has 2 heterocycles. The van der Waals surface area contributed by atoms with Crippen molar-refractivity contribution in [1.82, 2.24) is 9.21 Å². The van der Waals surface area contributed by atoms with E-state index in [-0.39, 0.29) is 11.8 Å². The summed E-state index contributed by atoms with van der Waals surface area (Å²) in [7, 11) is -1.55. The highest BCUT2D eigenvalue weighted by Gasteiger charge is 2.33. The standard InChI is InChI=1S/C15H24N2O3S2/c1-12(2)11-16(3)15(18)13-6-8-17(9-7-13)22(19,20)14-5-4-10-21-14/h4-5,10,12-13H,6-9,11H2,1-3H3. The van der Waals surface area contributed by atoms with Crippen molar-refractivity contribution in [2.24, 2.45) is 11.8 Å². The lowest BCUT2D eigenvalue weighted by molar-refractivity contribution is -0.135. The van der Waals surface area contributed by atoms with Gasteiger partial charge in [0.2, 0.25) is 5.91 Å². The number of hydrogen-bond acceptors (Lipinski definition) is 4. The first-order valence-electron chi connectivity index (χ1n) is 7.61. The lowest BCUT2D eigenvalue weighted by Gasteiger charge is -2.32. The predicted molar refractivity (Wildman–Crippen MR) is 88.3 cm³/mol. The maximum absolute atomic E-state index is 12.4. The number of sulfonamides is 1. The molecule has 1 aliphatic rings. The summed E-state index contributed by atoms with van der Waals surface area (Å²) in [6.07, 6.45) is 1.21. The minimum Gasteiger partial charge on any atom is -0.345 e. The molecule has 0 spiro atoms. The first-order valence-corrected chi connectivity index (χ1v) is 9.93. The van der Waals surface area contributed by atoms with Crippen LogP contribution in [-0.4, -0.2) is 50.2 Å². The molecule has 1 aromatic heterocycles. The summed E-state index contributed by atoms with van der Waals surface area (Å²) in [5.74, 6) is 0.522. The topological polar surface area (TPSA) is 57.7 Å². The molecule has 1 aromatic rings. The van der Waals surface area contributed by atoms with E-state index in [0.29, 0.717) is 36.1 Å². The molecule has 0 saturated carbocycles. The molecule has 0 atom stereocenters. The fraction of sp³-hybridized carbons (Fsp3) is 0.667. The van der Waals surface area contributed by atoms with E-state index in [2.05, 4.69) is 13.8 Å². The smallest absolute Gasteiger partial charge is 0.252 e. The molecule has 0 aromatic carbocycles. The van der Waals surface area contributed by atoms with Crippen LogP contribution < -0.4 is 0 Å². The van der Waals surface area contributed by atoms with E-state index in [0.717, 1.165) is 6.54 Å². The Morgan fingerprint density at radius 3 is 2.55 bits per heavy atom. The van der Waals surface area contributed by atoms with Crippen molar-refractivity contribution in [2.75, 3.05) is 26.7 Å². The van der Waals surface area contributed by atoms with Gasteiger partial charge in [0.1, 0.15) is 4.21 Å². The zero-order chi connectivity index (χ0) is 16.3. The van der Waals surface area contributed by atoms with Crippen LogP contribution in [0.25, 0.3) is 0 Å². The van der Waals surface area contributed by atoms with Gasteiger partial charge in [-0.2, -0.15) is 4.31 Å². The van der Waals surface area contributed by atoms with Crippen molar-refractivity contribution >= 4 is 27.3 Å². The Morgan fingerprint density at radius 1 is 1.41 bits per heavy atom. The predicted octanol–water partition coefficient (Wildman–Crippen LogP) is 2.26. The third-order valence-electron chi connectivity index (χ3n) is 3.91. The van der Waals surface area contributed by atoms with Crippen LogP contribution in [-0.2, 0) is 14.8 Å². The van der Waals surface area contributed by atoms with Crippen LogP contribution >= 0.6 is 11.3 Å². The molecule has 1 fully saturated rings. The zero-order valence-electron chi connectivity index (χ0n) is 13.4. The van der Waals surface area contributed by atoms with Gasteiger partial charge in [-0.1, -0.05) is 19.9 Å². The summed E-state index contributed by atoms with van der Waals surface area (Å²) in [5.41, 5.74) is 0. The van der Waals surface area contributed by atoms with E-state index in [4.69, 9.17) is 0 Å². The largest absolute Gasteiger partial charge is 0.345 e. The van der Waals surface area contributed by atoms with Crippen LogP contribution in [0.3, 0.4) is 0 Å². The van der Waals surface area contributed by atoms with E-state index in [1.165, 1.54) is 15.6 Å². The average molecular weight is 345 g/mol. The van der Waals surface area contributed by atoms with E-state index < -0.39 is 10.0 Å². The van der Waals surface area contributed by atoms with Crippen molar-refractivity contribution in [1.29, 1.82) is 0 Å². The van der Waals surface area contributed by atoms with E-state index in [9.17, 15) is 13.2 Å². The van der Waals surface area contributed by atoms with Crippen LogP contribution in [0.5, 0.6) is 0 Å². The van der Waals surface area contributed by atoms with Gasteiger partial charge in [-0.25, -0.2) is 8.42 Å². The monoisotopic (exact) mass is 344 g/mol. The molecule has 2 rings (SSSR count). The molecule has 124 valence electrons. The van der Waals surface area contributed by atoms with Crippen molar-refractivity contribution in [3.05, 3.63) is 17.5 Å². The maximum Gasteiger partial charge on any atom is 0.252 e. The molecular formula is C15H24N2O3S2. The number of rotatable bonds is 5. The molecule has 1 saturated heterocycles. The van der Waals surface area contributed by atoms with E-state index >= 15 is 0 Å². The minimum atomic E-state index is -3.38. The highest BCUT2D eigenvalue weighted by atomic mass is 32.2. The van der Waals surface area contributed by atoms with Gasteiger partial charge >= 0.3 is 0 Å². The van der Waals surface area contributed by atoms with Gasteiger partial charge in [0, 0.05) is 32.6 Å². The Kier molecular flexibility index (Phi) is 5.63. The van der Waals surface area contributed by atoms with Crippen LogP contribution in [0, 0.1) is 11.8 Å². The van der Waals surface area contributed by atoms with Crippen molar-refractivity contribution in [2.45, 2.75) is 30.9 Å². The summed E-state index contributed by atoms with van der Waals surface area (Å²) < 4.78 is 26.8. The number of hydrogen-bond donors (Lipinski definition) is 0. The molecule has 7 heteroatoms. The Bertz CT molecular complexity index is 588. The first kappa shape index (κ1) is 17.4. The highest BCUT2D eigenvalue weighted by Crippen LogP contribution is 2.27. The second-order valence-corrected chi connectivity index (χ2v) is 9.34. The molecule has 0 bridgehead atoms. The summed E-state index contributed by atoms with van der Waals surface area (Å²) >= 11 is 1.24. The van der Waals surface area contributed by atoms with Crippen molar-refractivity contribution in [3.8, 4) is 0 Å². The number of nitrogens with zero attached hydrogens (tertiary/aromatic N) is 2. The van der Waals surface area contributed by atoms with Gasteiger partial charge in [-0.05, 0) is 30.2 Å². The normalized spacial score (nSPS) is 17.8. The Morgan fingerprint density at radius 2 is 2.05 bits per heavy atom. The third kappa shape index (κ3) is 3.88. The number of carbonyl (C=O) groups excluding carboxylic acids is 1. The highest BCUT2D eigenvalue weighted by molar-refractivity contribution is 7.91. The van der Waals surface area contributed by atoms with Gasteiger partial charge in [-0.15, -0.1) is 11.3 Å². The molecule has 1 aliphatic heterocycles. The van der Waals surface area contributed by atoms with Crippen LogP contribution in [0.15, 0.2) is 21.7 Å². The van der Waals surface area contributed by atoms with Gasteiger partial charge < -0.3 is 4.90 Å². The number of piperidine rings is 1. The number of amides is 1. The minimum absolute atomic E-state index is 0.0569. The molecule has 0 radical (unpaired) electrons. The molecule has 0 unspecified atom stereocenters. The maximum atomic E-state index is 12.4. The van der Waals surface area contributed by atoms with Gasteiger partial charge in [0.15, 0.2) is 0 Å². The second-order valence-electron chi connectivity index (χ2n) is 6.22. The Hall–Kier alpha value is -0.920. The number of thiophene rings is 1. The van der Waals surface area contributed by atoms with E-state index in [1.54, 1.807) is 22.4 Å². The van der Waals surface area contributed by atoms with Crippen LogP contribution in [0.4, 0.5) is 0 Å². The van der Waals surface area contributed by atoms with Crippen LogP contribution in [0.1, 0.15) is 26.7 Å². The van der Waals surface area contributed by atoms with Crippen molar-refractivity contribution in [3.63, 3.8) is 0 Å². The molecular weight excluding hydrogens is 320 g/mol. The fourth-order valence-corrected chi connectivity index (χ4v) is 5.44. The molecule has 0 N–H and O–H groups in total. The van der Waals surface area contributed by atoms with Gasteiger partial charge in [-0.3, -0.25) is 4.79 Å². The quantitative estimate of drug-likeness (QED) is 0.823. The second kappa shape index (κ2) is 7.10. The van der Waals surface area contributed by atoms with E-state index in [1.807, 2.05) is 7.05 Å².